The SMILES string of the molecule is CCC1=CCC=C(CC)CC1. The minimum absolute atomic E-state index is 1.17. The van der Waals surface area contributed by atoms with E-state index in [1.807, 2.05) is 0 Å². The van der Waals surface area contributed by atoms with Gasteiger partial charge in [0.2, 0.25) is 0 Å². The van der Waals surface area contributed by atoms with Crippen LogP contribution in [0.2, 0.25) is 0 Å². The van der Waals surface area contributed by atoms with Gasteiger partial charge in [-0.2, -0.15) is 0 Å². The van der Waals surface area contributed by atoms with Crippen molar-refractivity contribution in [1.82, 2.24) is 0 Å². The second-order valence-electron chi connectivity index (χ2n) is 3.17. The zero-order valence-corrected chi connectivity index (χ0v) is 7.69. The molecule has 0 fully saturated rings. The van der Waals surface area contributed by atoms with E-state index in [0.29, 0.717) is 0 Å². The normalized spacial score (nSPS) is 18.7. The quantitative estimate of drug-likeness (QED) is 0.524. The molecule has 0 aromatic carbocycles. The maximum Gasteiger partial charge on any atom is -0.0164 e. The summed E-state index contributed by atoms with van der Waals surface area (Å²) in [5.74, 6) is 0. The van der Waals surface area contributed by atoms with Crippen LogP contribution in [0.25, 0.3) is 0 Å². The Kier molecular flexibility index (Phi) is 3.41. The third-order valence-electron chi connectivity index (χ3n) is 2.49. The molecule has 0 aromatic heterocycles. The van der Waals surface area contributed by atoms with Crippen LogP contribution in [0, 0.1) is 0 Å². The summed E-state index contributed by atoms with van der Waals surface area (Å²) in [5.41, 5.74) is 3.29. The summed E-state index contributed by atoms with van der Waals surface area (Å²) in [5, 5.41) is 0. The Bertz CT molecular complexity index is 152. The van der Waals surface area contributed by atoms with Crippen LogP contribution < -0.4 is 0 Å². The van der Waals surface area contributed by atoms with Gasteiger partial charge in [0.1, 0.15) is 0 Å². The average molecular weight is 150 g/mol. The van der Waals surface area contributed by atoms with Crippen LogP contribution in [0.5, 0.6) is 0 Å². The summed E-state index contributed by atoms with van der Waals surface area (Å²) in [7, 11) is 0. The molecule has 0 radical (unpaired) electrons. The first-order chi connectivity index (χ1) is 5.36. The molecule has 62 valence electrons. The fraction of sp³-hybridized carbons (Fsp3) is 0.636. The molecule has 0 spiro atoms. The molecule has 1 aliphatic carbocycles. The van der Waals surface area contributed by atoms with Crippen molar-refractivity contribution in [3.05, 3.63) is 23.3 Å². The van der Waals surface area contributed by atoms with Gasteiger partial charge in [0.05, 0.1) is 0 Å². The van der Waals surface area contributed by atoms with Crippen LogP contribution in [-0.4, -0.2) is 0 Å². The smallest absolute Gasteiger partial charge is 0.0164 e. The van der Waals surface area contributed by atoms with Crippen LogP contribution in [0.4, 0.5) is 0 Å². The summed E-state index contributed by atoms with van der Waals surface area (Å²) in [6.07, 6.45) is 11.0. The van der Waals surface area contributed by atoms with E-state index in [4.69, 9.17) is 0 Å². The molecule has 0 aliphatic heterocycles. The van der Waals surface area contributed by atoms with Crippen molar-refractivity contribution < 1.29 is 0 Å². The monoisotopic (exact) mass is 150 g/mol. The van der Waals surface area contributed by atoms with Gasteiger partial charge in [-0.1, -0.05) is 37.1 Å². The van der Waals surface area contributed by atoms with E-state index >= 15 is 0 Å². The van der Waals surface area contributed by atoms with E-state index < -0.39 is 0 Å². The van der Waals surface area contributed by atoms with Gasteiger partial charge in [0.15, 0.2) is 0 Å². The molecule has 0 saturated heterocycles. The fourth-order valence-electron chi connectivity index (χ4n) is 1.56. The van der Waals surface area contributed by atoms with Crippen LogP contribution in [0.3, 0.4) is 0 Å². The van der Waals surface area contributed by atoms with E-state index in [1.54, 1.807) is 11.1 Å². The molecular formula is C11H18. The van der Waals surface area contributed by atoms with Crippen LogP contribution in [0.1, 0.15) is 46.0 Å². The van der Waals surface area contributed by atoms with Crippen molar-refractivity contribution in [1.29, 1.82) is 0 Å². The minimum Gasteiger partial charge on any atom is -0.0815 e. The molecule has 1 rings (SSSR count). The van der Waals surface area contributed by atoms with E-state index in [9.17, 15) is 0 Å². The first-order valence-electron chi connectivity index (χ1n) is 4.72. The zero-order valence-electron chi connectivity index (χ0n) is 7.69. The summed E-state index contributed by atoms with van der Waals surface area (Å²) < 4.78 is 0. The molecule has 11 heavy (non-hydrogen) atoms. The van der Waals surface area contributed by atoms with Gasteiger partial charge in [-0.15, -0.1) is 0 Å². The highest BCUT2D eigenvalue weighted by Gasteiger charge is 2.01. The lowest BCUT2D eigenvalue weighted by atomic mass is 10.0. The summed E-state index contributed by atoms with van der Waals surface area (Å²) in [4.78, 5) is 0. The van der Waals surface area contributed by atoms with E-state index in [1.165, 1.54) is 32.1 Å². The molecule has 0 bridgehead atoms. The zero-order chi connectivity index (χ0) is 8.10. The van der Waals surface area contributed by atoms with Crippen molar-refractivity contribution in [3.8, 4) is 0 Å². The van der Waals surface area contributed by atoms with Crippen molar-refractivity contribution in [2.24, 2.45) is 0 Å². The molecule has 0 aromatic rings. The van der Waals surface area contributed by atoms with Crippen LogP contribution in [0.15, 0.2) is 23.3 Å². The van der Waals surface area contributed by atoms with E-state index in [-0.39, 0.29) is 0 Å². The van der Waals surface area contributed by atoms with Gasteiger partial charge in [-0.25, -0.2) is 0 Å². The number of hydrogen-bond donors (Lipinski definition) is 0. The number of allylic oxidation sites excluding steroid dienone is 4. The van der Waals surface area contributed by atoms with Crippen molar-refractivity contribution >= 4 is 0 Å². The van der Waals surface area contributed by atoms with Gasteiger partial charge < -0.3 is 0 Å². The Labute approximate surface area is 70.0 Å². The van der Waals surface area contributed by atoms with Crippen molar-refractivity contribution in [3.63, 3.8) is 0 Å². The fourth-order valence-corrected chi connectivity index (χ4v) is 1.56. The lowest BCUT2D eigenvalue weighted by Gasteiger charge is -2.02. The molecule has 0 unspecified atom stereocenters. The predicted molar refractivity (Wildman–Crippen MR) is 50.6 cm³/mol. The highest BCUT2D eigenvalue weighted by Crippen LogP contribution is 2.21. The van der Waals surface area contributed by atoms with Gasteiger partial charge in [0.25, 0.3) is 0 Å². The molecule has 0 heteroatoms. The second-order valence-corrected chi connectivity index (χ2v) is 3.17. The standard InChI is InChI=1S/C11H18/c1-3-10-6-5-7-11(4-2)9-8-10/h6-7H,3-5,8-9H2,1-2H3. The highest BCUT2D eigenvalue weighted by atomic mass is 14.1. The average Bonchev–Trinajstić information content (AvgIpc) is 2.28. The van der Waals surface area contributed by atoms with Gasteiger partial charge in [-0.05, 0) is 32.1 Å². The first-order valence-corrected chi connectivity index (χ1v) is 4.72. The topological polar surface area (TPSA) is 0 Å². The molecule has 1 aliphatic rings. The third kappa shape index (κ3) is 2.53. The van der Waals surface area contributed by atoms with E-state index in [0.717, 1.165) is 0 Å². The lowest BCUT2D eigenvalue weighted by Crippen LogP contribution is -1.82. The van der Waals surface area contributed by atoms with Crippen molar-refractivity contribution in [2.75, 3.05) is 0 Å². The Morgan fingerprint density at radius 1 is 1.00 bits per heavy atom. The third-order valence-corrected chi connectivity index (χ3v) is 2.49. The lowest BCUT2D eigenvalue weighted by molar-refractivity contribution is 0.849. The van der Waals surface area contributed by atoms with Crippen LogP contribution in [-0.2, 0) is 0 Å². The molecule has 0 atom stereocenters. The molecular weight excluding hydrogens is 132 g/mol. The number of hydrogen-bond acceptors (Lipinski definition) is 0. The summed E-state index contributed by atoms with van der Waals surface area (Å²) >= 11 is 0. The van der Waals surface area contributed by atoms with Crippen LogP contribution >= 0.6 is 0 Å². The Morgan fingerprint density at radius 3 is 1.82 bits per heavy atom. The predicted octanol–water partition coefficient (Wildman–Crippen LogP) is 3.84. The van der Waals surface area contributed by atoms with Crippen molar-refractivity contribution in [2.45, 2.75) is 46.0 Å². The van der Waals surface area contributed by atoms with Gasteiger partial charge >= 0.3 is 0 Å². The number of rotatable bonds is 2. The van der Waals surface area contributed by atoms with Gasteiger partial charge in [-0.3, -0.25) is 0 Å². The Morgan fingerprint density at radius 2 is 1.45 bits per heavy atom. The molecule has 0 amide bonds. The summed E-state index contributed by atoms with van der Waals surface area (Å²) in [6, 6.07) is 0. The summed E-state index contributed by atoms with van der Waals surface area (Å²) in [6.45, 7) is 4.51. The molecule has 0 heterocycles. The highest BCUT2D eigenvalue weighted by molar-refractivity contribution is 5.15. The Balaban J connectivity index is 2.48. The molecule has 0 N–H and O–H groups in total. The maximum atomic E-state index is 2.39. The van der Waals surface area contributed by atoms with Gasteiger partial charge in [0, 0.05) is 0 Å². The second kappa shape index (κ2) is 4.38. The largest absolute Gasteiger partial charge is 0.0815 e. The molecule has 0 saturated carbocycles. The maximum absolute atomic E-state index is 2.39. The minimum atomic E-state index is 1.17. The Hall–Kier alpha value is -0.520. The van der Waals surface area contributed by atoms with E-state index in [2.05, 4.69) is 26.0 Å². The first kappa shape index (κ1) is 8.58. The molecule has 0 nitrogen and oxygen atoms in total.